The molecule has 0 bridgehead atoms. The van der Waals surface area contributed by atoms with Crippen molar-refractivity contribution in [3.63, 3.8) is 0 Å². The maximum atomic E-state index is 12.6. The molecule has 1 amide bonds. The Hall–Kier alpha value is -1.57. The van der Waals surface area contributed by atoms with Gasteiger partial charge in [0.05, 0.1) is 0 Å². The SMILES string of the molecule is CC1C(=O)NCCN1c1cc(Cl)nc(C(F)(F)F)n1. The zero-order valence-corrected chi connectivity index (χ0v) is 10.6. The average molecular weight is 295 g/mol. The highest BCUT2D eigenvalue weighted by Gasteiger charge is 2.36. The highest BCUT2D eigenvalue weighted by atomic mass is 35.5. The molecule has 1 atom stereocenters. The zero-order chi connectivity index (χ0) is 14.2. The summed E-state index contributed by atoms with van der Waals surface area (Å²) in [5, 5.41) is 2.30. The molecule has 0 radical (unpaired) electrons. The van der Waals surface area contributed by atoms with Gasteiger partial charge in [-0.1, -0.05) is 11.6 Å². The predicted molar refractivity (Wildman–Crippen MR) is 61.9 cm³/mol. The third-order valence-corrected chi connectivity index (χ3v) is 2.92. The van der Waals surface area contributed by atoms with Gasteiger partial charge in [-0.05, 0) is 6.92 Å². The Morgan fingerprint density at radius 3 is 2.79 bits per heavy atom. The Morgan fingerprint density at radius 1 is 1.47 bits per heavy atom. The summed E-state index contributed by atoms with van der Waals surface area (Å²) in [6.07, 6.45) is -4.68. The molecule has 19 heavy (non-hydrogen) atoms. The number of nitrogens with one attached hydrogen (secondary N) is 1. The summed E-state index contributed by atoms with van der Waals surface area (Å²) in [6, 6.07) is 0.604. The molecule has 0 aliphatic carbocycles. The van der Waals surface area contributed by atoms with E-state index in [2.05, 4.69) is 15.3 Å². The van der Waals surface area contributed by atoms with E-state index in [0.717, 1.165) is 0 Å². The number of halogens is 4. The van der Waals surface area contributed by atoms with E-state index in [0.29, 0.717) is 13.1 Å². The van der Waals surface area contributed by atoms with Gasteiger partial charge < -0.3 is 10.2 Å². The molecule has 5 nitrogen and oxygen atoms in total. The lowest BCUT2D eigenvalue weighted by atomic mass is 10.2. The van der Waals surface area contributed by atoms with Crippen molar-refractivity contribution >= 4 is 23.3 Å². The third kappa shape index (κ3) is 2.89. The average Bonchev–Trinajstić information content (AvgIpc) is 2.31. The van der Waals surface area contributed by atoms with Gasteiger partial charge in [-0.3, -0.25) is 4.79 Å². The van der Waals surface area contributed by atoms with Crippen molar-refractivity contribution in [2.24, 2.45) is 0 Å². The second kappa shape index (κ2) is 4.84. The van der Waals surface area contributed by atoms with Gasteiger partial charge in [-0.15, -0.1) is 0 Å². The first-order valence-corrected chi connectivity index (χ1v) is 5.83. The molecule has 1 fully saturated rings. The minimum atomic E-state index is -4.68. The summed E-state index contributed by atoms with van der Waals surface area (Å²) in [5.74, 6) is -1.59. The van der Waals surface area contributed by atoms with Crippen molar-refractivity contribution < 1.29 is 18.0 Å². The molecule has 2 rings (SSSR count). The standard InChI is InChI=1S/C10H10ClF3N4O/c1-5-8(19)15-2-3-18(5)7-4-6(11)16-9(17-7)10(12,13)14/h4-5H,2-3H2,1H3,(H,15,19). The molecule has 2 heterocycles. The van der Waals surface area contributed by atoms with Crippen LogP contribution in [0.5, 0.6) is 0 Å². The fourth-order valence-electron chi connectivity index (χ4n) is 1.78. The van der Waals surface area contributed by atoms with Crippen LogP contribution in [0.15, 0.2) is 6.07 Å². The molecule has 1 saturated heterocycles. The van der Waals surface area contributed by atoms with Gasteiger partial charge in [0.1, 0.15) is 17.0 Å². The van der Waals surface area contributed by atoms with Crippen LogP contribution in [-0.2, 0) is 11.0 Å². The van der Waals surface area contributed by atoms with E-state index < -0.39 is 18.0 Å². The lowest BCUT2D eigenvalue weighted by Gasteiger charge is -2.33. The monoisotopic (exact) mass is 294 g/mol. The summed E-state index contributed by atoms with van der Waals surface area (Å²) in [6.45, 7) is 2.28. The van der Waals surface area contributed by atoms with Crippen LogP contribution in [0.1, 0.15) is 12.7 Å². The van der Waals surface area contributed by atoms with Gasteiger partial charge in [-0.2, -0.15) is 13.2 Å². The van der Waals surface area contributed by atoms with E-state index in [-0.39, 0.29) is 16.9 Å². The number of hydrogen-bond acceptors (Lipinski definition) is 4. The maximum absolute atomic E-state index is 12.6. The Bertz CT molecular complexity index is 508. The molecule has 1 aromatic rings. The van der Waals surface area contributed by atoms with Crippen LogP contribution < -0.4 is 10.2 Å². The first-order chi connectivity index (χ1) is 8.79. The number of hydrogen-bond donors (Lipinski definition) is 1. The van der Waals surface area contributed by atoms with Crippen LogP contribution in [0.4, 0.5) is 19.0 Å². The summed E-state index contributed by atoms with van der Waals surface area (Å²) >= 11 is 5.58. The molecule has 1 aliphatic rings. The fraction of sp³-hybridized carbons (Fsp3) is 0.500. The fourth-order valence-corrected chi connectivity index (χ4v) is 1.95. The Labute approximate surface area is 111 Å². The molecule has 0 saturated carbocycles. The van der Waals surface area contributed by atoms with Gasteiger partial charge in [0.2, 0.25) is 11.7 Å². The molecule has 1 aromatic heterocycles. The van der Waals surface area contributed by atoms with Crippen LogP contribution in [0.3, 0.4) is 0 Å². The van der Waals surface area contributed by atoms with Gasteiger partial charge in [0.25, 0.3) is 0 Å². The molecule has 0 aromatic carbocycles. The number of piperazine rings is 1. The van der Waals surface area contributed by atoms with Gasteiger partial charge >= 0.3 is 6.18 Å². The first kappa shape index (κ1) is 13.9. The smallest absolute Gasteiger partial charge is 0.353 e. The second-order valence-corrected chi connectivity index (χ2v) is 4.42. The molecule has 1 unspecified atom stereocenters. The van der Waals surface area contributed by atoms with Crippen molar-refractivity contribution in [2.45, 2.75) is 19.1 Å². The van der Waals surface area contributed by atoms with E-state index >= 15 is 0 Å². The van der Waals surface area contributed by atoms with Crippen LogP contribution >= 0.6 is 11.6 Å². The summed E-state index contributed by atoms with van der Waals surface area (Å²) < 4.78 is 37.8. The number of amides is 1. The summed E-state index contributed by atoms with van der Waals surface area (Å²) in [5.41, 5.74) is 0. The molecule has 1 aliphatic heterocycles. The van der Waals surface area contributed by atoms with Crippen LogP contribution in [-0.4, -0.2) is 35.0 Å². The molecule has 1 N–H and O–H groups in total. The van der Waals surface area contributed by atoms with Gasteiger partial charge in [-0.25, -0.2) is 9.97 Å². The van der Waals surface area contributed by atoms with E-state index in [1.807, 2.05) is 0 Å². The van der Waals surface area contributed by atoms with Crippen molar-refractivity contribution in [1.29, 1.82) is 0 Å². The van der Waals surface area contributed by atoms with Crippen LogP contribution in [0.2, 0.25) is 5.15 Å². The van der Waals surface area contributed by atoms with Crippen molar-refractivity contribution in [3.8, 4) is 0 Å². The predicted octanol–water partition coefficient (Wildman–Crippen LogP) is 1.47. The Balaban J connectivity index is 2.39. The minimum Gasteiger partial charge on any atom is -0.353 e. The molecular formula is C10H10ClF3N4O. The quantitative estimate of drug-likeness (QED) is 0.797. The van der Waals surface area contributed by atoms with E-state index in [1.54, 1.807) is 6.92 Å². The number of nitrogens with zero attached hydrogens (tertiary/aromatic N) is 3. The van der Waals surface area contributed by atoms with Crippen molar-refractivity contribution in [1.82, 2.24) is 15.3 Å². The van der Waals surface area contributed by atoms with Gasteiger partial charge in [0.15, 0.2) is 0 Å². The van der Waals surface area contributed by atoms with E-state index in [9.17, 15) is 18.0 Å². The minimum absolute atomic E-state index is 0.00493. The highest BCUT2D eigenvalue weighted by Crippen LogP contribution is 2.29. The molecule has 0 spiro atoms. The molecule has 104 valence electrons. The van der Waals surface area contributed by atoms with Crippen LogP contribution in [0, 0.1) is 0 Å². The van der Waals surface area contributed by atoms with Gasteiger partial charge in [0, 0.05) is 19.2 Å². The highest BCUT2D eigenvalue weighted by molar-refractivity contribution is 6.29. The van der Waals surface area contributed by atoms with Crippen molar-refractivity contribution in [2.75, 3.05) is 18.0 Å². The summed E-state index contributed by atoms with van der Waals surface area (Å²) in [4.78, 5) is 19.5. The normalized spacial score (nSPS) is 20.4. The Kier molecular flexibility index (Phi) is 3.53. The lowest BCUT2D eigenvalue weighted by molar-refractivity contribution is -0.144. The molecular weight excluding hydrogens is 285 g/mol. The molecule has 9 heteroatoms. The third-order valence-electron chi connectivity index (χ3n) is 2.73. The number of carbonyl (C=O) groups excluding carboxylic acids is 1. The number of alkyl halides is 3. The van der Waals surface area contributed by atoms with Crippen molar-refractivity contribution in [3.05, 3.63) is 17.0 Å². The Morgan fingerprint density at radius 2 is 2.16 bits per heavy atom. The van der Waals surface area contributed by atoms with E-state index in [1.165, 1.54) is 11.0 Å². The number of carbonyl (C=O) groups is 1. The maximum Gasteiger partial charge on any atom is 0.451 e. The van der Waals surface area contributed by atoms with Crippen LogP contribution in [0.25, 0.3) is 0 Å². The second-order valence-electron chi connectivity index (χ2n) is 4.03. The number of aromatic nitrogens is 2. The van der Waals surface area contributed by atoms with E-state index in [4.69, 9.17) is 11.6 Å². The largest absolute Gasteiger partial charge is 0.451 e. The number of anilines is 1. The first-order valence-electron chi connectivity index (χ1n) is 5.45. The summed E-state index contributed by atoms with van der Waals surface area (Å²) in [7, 11) is 0. The lowest BCUT2D eigenvalue weighted by Crippen LogP contribution is -2.54. The zero-order valence-electron chi connectivity index (χ0n) is 9.83. The topological polar surface area (TPSA) is 58.1 Å². The number of rotatable bonds is 1.